The second-order valence-electron chi connectivity index (χ2n) is 4.15. The second kappa shape index (κ2) is 4.49. The van der Waals surface area contributed by atoms with Crippen molar-refractivity contribution in [3.05, 3.63) is 63.6 Å². The molecule has 0 aliphatic rings. The van der Waals surface area contributed by atoms with E-state index in [1.807, 2.05) is 31.2 Å². The molecule has 1 aromatic carbocycles. The third-order valence-electron chi connectivity index (χ3n) is 2.85. The van der Waals surface area contributed by atoms with Gasteiger partial charge in [0.1, 0.15) is 5.56 Å². The van der Waals surface area contributed by atoms with Crippen molar-refractivity contribution in [3.63, 3.8) is 0 Å². The maximum Gasteiger partial charge on any atom is 0.341 e. The van der Waals surface area contributed by atoms with Gasteiger partial charge in [-0.2, -0.15) is 0 Å². The molecule has 0 saturated heterocycles. The van der Waals surface area contributed by atoms with Gasteiger partial charge in [-0.15, -0.1) is 0 Å². The molecule has 4 heteroatoms. The predicted molar refractivity (Wildman–Crippen MR) is 68.5 cm³/mol. The van der Waals surface area contributed by atoms with E-state index in [0.717, 1.165) is 11.3 Å². The van der Waals surface area contributed by atoms with Gasteiger partial charge in [0.25, 0.3) is 0 Å². The molecule has 0 unspecified atom stereocenters. The molecule has 0 aliphatic heterocycles. The molecule has 0 amide bonds. The number of carbonyl (C=O) groups is 1. The molecule has 2 rings (SSSR count). The Morgan fingerprint density at radius 3 is 2.50 bits per heavy atom. The fourth-order valence-corrected chi connectivity index (χ4v) is 1.89. The number of pyridine rings is 1. The van der Waals surface area contributed by atoms with E-state index in [-0.39, 0.29) is 5.56 Å². The van der Waals surface area contributed by atoms with Crippen molar-refractivity contribution >= 4 is 5.97 Å². The van der Waals surface area contributed by atoms with Crippen molar-refractivity contribution in [1.29, 1.82) is 0 Å². The van der Waals surface area contributed by atoms with Crippen molar-refractivity contribution in [2.24, 2.45) is 0 Å². The lowest BCUT2D eigenvalue weighted by Gasteiger charge is -2.13. The highest BCUT2D eigenvalue weighted by atomic mass is 16.4. The van der Waals surface area contributed by atoms with Crippen LogP contribution in [0.15, 0.2) is 41.3 Å². The number of carboxylic acid groups (broad SMARTS) is 1. The summed E-state index contributed by atoms with van der Waals surface area (Å²) >= 11 is 0. The zero-order valence-corrected chi connectivity index (χ0v) is 10.2. The van der Waals surface area contributed by atoms with Gasteiger partial charge in [0.2, 0.25) is 0 Å². The number of carboxylic acids is 1. The van der Waals surface area contributed by atoms with Gasteiger partial charge >= 0.3 is 5.97 Å². The molecule has 0 fully saturated rings. The molecular formula is C14H13NO3. The summed E-state index contributed by atoms with van der Waals surface area (Å²) in [5, 5.41) is 8.98. The number of aromatic carboxylic acids is 1. The second-order valence-corrected chi connectivity index (χ2v) is 4.15. The minimum atomic E-state index is -1.21. The summed E-state index contributed by atoms with van der Waals surface area (Å²) in [6.07, 6.45) is 1.38. The predicted octanol–water partition coefficient (Wildman–Crippen LogP) is 2.15. The van der Waals surface area contributed by atoms with Crippen LogP contribution in [0.3, 0.4) is 0 Å². The standard InChI is InChI=1S/C14H13NO3/c1-9-5-3-4-6-12(9)15-8-11(14(17)18)13(16)7-10(15)2/h3-8H,1-2H3,(H,17,18). The van der Waals surface area contributed by atoms with Gasteiger partial charge < -0.3 is 9.67 Å². The molecule has 18 heavy (non-hydrogen) atoms. The van der Waals surface area contributed by atoms with Gasteiger partial charge in [-0.25, -0.2) is 4.79 Å². The van der Waals surface area contributed by atoms with Crippen LogP contribution < -0.4 is 5.43 Å². The van der Waals surface area contributed by atoms with Crippen molar-refractivity contribution in [1.82, 2.24) is 4.57 Å². The van der Waals surface area contributed by atoms with E-state index in [2.05, 4.69) is 0 Å². The highest BCUT2D eigenvalue weighted by Gasteiger charge is 2.12. The first kappa shape index (κ1) is 12.1. The minimum absolute atomic E-state index is 0.219. The average molecular weight is 243 g/mol. The van der Waals surface area contributed by atoms with Crippen molar-refractivity contribution in [3.8, 4) is 5.69 Å². The Labute approximate surface area is 104 Å². The van der Waals surface area contributed by atoms with Gasteiger partial charge in [0, 0.05) is 23.6 Å². The Morgan fingerprint density at radius 1 is 1.22 bits per heavy atom. The van der Waals surface area contributed by atoms with E-state index in [0.29, 0.717) is 5.69 Å². The van der Waals surface area contributed by atoms with Crippen molar-refractivity contribution in [2.45, 2.75) is 13.8 Å². The third kappa shape index (κ3) is 2.05. The monoisotopic (exact) mass is 243 g/mol. The van der Waals surface area contributed by atoms with E-state index < -0.39 is 11.4 Å². The highest BCUT2D eigenvalue weighted by Crippen LogP contribution is 2.15. The lowest BCUT2D eigenvalue weighted by molar-refractivity contribution is 0.0695. The van der Waals surface area contributed by atoms with E-state index >= 15 is 0 Å². The zero-order chi connectivity index (χ0) is 13.3. The number of hydrogen-bond donors (Lipinski definition) is 1. The van der Waals surface area contributed by atoms with Crippen LogP contribution in [-0.4, -0.2) is 15.6 Å². The Balaban J connectivity index is 2.73. The number of nitrogens with zero attached hydrogens (tertiary/aromatic N) is 1. The summed E-state index contributed by atoms with van der Waals surface area (Å²) in [5.41, 5.74) is 1.91. The molecule has 92 valence electrons. The summed E-state index contributed by atoms with van der Waals surface area (Å²) in [5.74, 6) is -1.21. The highest BCUT2D eigenvalue weighted by molar-refractivity contribution is 5.87. The molecule has 0 bridgehead atoms. The molecule has 0 radical (unpaired) electrons. The number of aryl methyl sites for hydroxylation is 2. The lowest BCUT2D eigenvalue weighted by Crippen LogP contribution is -2.18. The number of para-hydroxylation sites is 1. The number of aromatic nitrogens is 1. The number of benzene rings is 1. The van der Waals surface area contributed by atoms with Gasteiger partial charge in [-0.05, 0) is 25.5 Å². The Hall–Kier alpha value is -2.36. The Bertz CT molecular complexity index is 671. The van der Waals surface area contributed by atoms with Gasteiger partial charge in [-0.1, -0.05) is 18.2 Å². The topological polar surface area (TPSA) is 59.3 Å². The van der Waals surface area contributed by atoms with E-state index in [4.69, 9.17) is 5.11 Å². The maximum atomic E-state index is 11.6. The quantitative estimate of drug-likeness (QED) is 0.879. The third-order valence-corrected chi connectivity index (χ3v) is 2.85. The van der Waals surface area contributed by atoms with E-state index in [1.165, 1.54) is 12.3 Å². The van der Waals surface area contributed by atoms with Crippen LogP contribution in [0.1, 0.15) is 21.6 Å². The first-order chi connectivity index (χ1) is 8.50. The molecule has 0 spiro atoms. The smallest absolute Gasteiger partial charge is 0.341 e. The normalized spacial score (nSPS) is 10.3. The first-order valence-corrected chi connectivity index (χ1v) is 5.53. The fourth-order valence-electron chi connectivity index (χ4n) is 1.89. The SMILES string of the molecule is Cc1ccccc1-n1cc(C(=O)O)c(=O)cc1C. The molecule has 1 N–H and O–H groups in total. The summed E-state index contributed by atoms with van der Waals surface area (Å²) < 4.78 is 1.72. The van der Waals surface area contributed by atoms with Gasteiger partial charge in [-0.3, -0.25) is 4.79 Å². The number of rotatable bonds is 2. The van der Waals surface area contributed by atoms with Gasteiger partial charge in [0.05, 0.1) is 0 Å². The zero-order valence-electron chi connectivity index (χ0n) is 10.2. The summed E-state index contributed by atoms with van der Waals surface area (Å²) in [6, 6.07) is 8.96. The van der Waals surface area contributed by atoms with Crippen LogP contribution in [0, 0.1) is 13.8 Å². The Morgan fingerprint density at radius 2 is 1.89 bits per heavy atom. The molecular weight excluding hydrogens is 230 g/mol. The summed E-state index contributed by atoms with van der Waals surface area (Å²) in [6.45, 7) is 3.72. The molecule has 0 atom stereocenters. The first-order valence-electron chi connectivity index (χ1n) is 5.53. The average Bonchev–Trinajstić information content (AvgIpc) is 2.30. The molecule has 1 aromatic heterocycles. The van der Waals surface area contributed by atoms with E-state index in [1.54, 1.807) is 11.5 Å². The number of hydrogen-bond acceptors (Lipinski definition) is 2. The summed E-state index contributed by atoms with van der Waals surface area (Å²) in [4.78, 5) is 22.5. The van der Waals surface area contributed by atoms with Crippen LogP contribution in [-0.2, 0) is 0 Å². The molecule has 4 nitrogen and oxygen atoms in total. The molecule has 0 aliphatic carbocycles. The Kier molecular flexibility index (Phi) is 3.02. The largest absolute Gasteiger partial charge is 0.477 e. The van der Waals surface area contributed by atoms with Crippen LogP contribution in [0.5, 0.6) is 0 Å². The molecule has 1 heterocycles. The lowest BCUT2D eigenvalue weighted by atomic mass is 10.1. The van der Waals surface area contributed by atoms with Crippen molar-refractivity contribution < 1.29 is 9.90 Å². The van der Waals surface area contributed by atoms with Crippen LogP contribution in [0.2, 0.25) is 0 Å². The van der Waals surface area contributed by atoms with Gasteiger partial charge in [0.15, 0.2) is 5.43 Å². The maximum absolute atomic E-state index is 11.6. The minimum Gasteiger partial charge on any atom is -0.477 e. The fraction of sp³-hybridized carbons (Fsp3) is 0.143. The molecule has 2 aromatic rings. The van der Waals surface area contributed by atoms with Crippen molar-refractivity contribution in [2.75, 3.05) is 0 Å². The molecule has 0 saturated carbocycles. The van der Waals surface area contributed by atoms with Crippen LogP contribution >= 0.6 is 0 Å². The summed E-state index contributed by atoms with van der Waals surface area (Å²) in [7, 11) is 0. The van der Waals surface area contributed by atoms with Crippen LogP contribution in [0.4, 0.5) is 0 Å². The van der Waals surface area contributed by atoms with E-state index in [9.17, 15) is 9.59 Å². The van der Waals surface area contributed by atoms with Crippen LogP contribution in [0.25, 0.3) is 5.69 Å².